The SMILES string of the molecule is CC(O)CN1CC(C)OC(C=O)C1CCCCN(CCO)CCO. The van der Waals surface area contributed by atoms with E-state index >= 15 is 0 Å². The van der Waals surface area contributed by atoms with Crippen molar-refractivity contribution in [3.05, 3.63) is 0 Å². The van der Waals surface area contributed by atoms with Crippen LogP contribution in [0.15, 0.2) is 0 Å². The fraction of sp³-hybridized carbons (Fsp3) is 0.941. The molecular weight excluding hydrogens is 312 g/mol. The third kappa shape index (κ3) is 7.55. The van der Waals surface area contributed by atoms with Crippen molar-refractivity contribution >= 4 is 6.29 Å². The molecule has 4 atom stereocenters. The summed E-state index contributed by atoms with van der Waals surface area (Å²) in [5, 5.41) is 27.8. The van der Waals surface area contributed by atoms with Gasteiger partial charge in [-0.3, -0.25) is 9.80 Å². The third-order valence-corrected chi connectivity index (χ3v) is 4.42. The highest BCUT2D eigenvalue weighted by Crippen LogP contribution is 2.22. The minimum atomic E-state index is -0.446. The number of aldehydes is 1. The van der Waals surface area contributed by atoms with Crippen LogP contribution in [-0.2, 0) is 9.53 Å². The molecule has 7 heteroatoms. The zero-order chi connectivity index (χ0) is 17.9. The van der Waals surface area contributed by atoms with Gasteiger partial charge in [-0.15, -0.1) is 0 Å². The van der Waals surface area contributed by atoms with Crippen molar-refractivity contribution in [3.8, 4) is 0 Å². The Morgan fingerprint density at radius 2 is 1.92 bits per heavy atom. The number of aliphatic hydroxyl groups is 3. The lowest BCUT2D eigenvalue weighted by atomic mass is 9.99. The lowest BCUT2D eigenvalue weighted by Gasteiger charge is -2.42. The standard InChI is InChI=1S/C17H34N2O5/c1-14(23)11-19-12-15(2)24-17(13-22)16(19)5-3-4-6-18(7-9-20)8-10-21/h13-17,20-21,23H,3-12H2,1-2H3. The lowest BCUT2D eigenvalue weighted by molar-refractivity contribution is -0.144. The lowest BCUT2D eigenvalue weighted by Crippen LogP contribution is -2.56. The Hall–Kier alpha value is -0.570. The Balaban J connectivity index is 2.49. The van der Waals surface area contributed by atoms with Crippen LogP contribution in [-0.4, -0.2) is 102 Å². The van der Waals surface area contributed by atoms with Gasteiger partial charge in [0.15, 0.2) is 0 Å². The second-order valence-electron chi connectivity index (χ2n) is 6.70. The van der Waals surface area contributed by atoms with Crippen LogP contribution in [0.25, 0.3) is 0 Å². The van der Waals surface area contributed by atoms with E-state index in [9.17, 15) is 9.90 Å². The van der Waals surface area contributed by atoms with Crippen molar-refractivity contribution in [1.29, 1.82) is 0 Å². The van der Waals surface area contributed by atoms with E-state index in [1.807, 2.05) is 11.8 Å². The number of rotatable bonds is 12. The minimum absolute atomic E-state index is 0.00238. The summed E-state index contributed by atoms with van der Waals surface area (Å²) in [6.45, 7) is 7.09. The van der Waals surface area contributed by atoms with Crippen molar-refractivity contribution in [2.45, 2.75) is 57.5 Å². The maximum atomic E-state index is 11.4. The first kappa shape index (κ1) is 21.5. The Morgan fingerprint density at radius 3 is 2.46 bits per heavy atom. The normalized spacial score (nSPS) is 26.7. The summed E-state index contributed by atoms with van der Waals surface area (Å²) in [5.74, 6) is 0. The largest absolute Gasteiger partial charge is 0.395 e. The Morgan fingerprint density at radius 1 is 1.25 bits per heavy atom. The number of ether oxygens (including phenoxy) is 1. The van der Waals surface area contributed by atoms with Gasteiger partial charge in [0, 0.05) is 32.2 Å². The number of aliphatic hydroxyl groups excluding tert-OH is 3. The van der Waals surface area contributed by atoms with E-state index in [-0.39, 0.29) is 25.4 Å². The molecule has 0 amide bonds. The quantitative estimate of drug-likeness (QED) is 0.323. The predicted octanol–water partition coefficient (Wildman–Crippen LogP) is -0.519. The molecule has 0 aromatic heterocycles. The third-order valence-electron chi connectivity index (χ3n) is 4.42. The fourth-order valence-electron chi connectivity index (χ4n) is 3.40. The van der Waals surface area contributed by atoms with E-state index in [0.717, 1.165) is 38.6 Å². The molecule has 0 aromatic carbocycles. The first-order chi connectivity index (χ1) is 11.5. The number of β-amino-alcohol motifs (C(OH)–C–C–N with tert-alkyl or cyclic N) is 1. The number of morpholine rings is 1. The molecule has 1 rings (SSSR count). The molecule has 1 aliphatic rings. The molecule has 142 valence electrons. The van der Waals surface area contributed by atoms with Crippen LogP contribution < -0.4 is 0 Å². The molecule has 1 aliphatic heterocycles. The van der Waals surface area contributed by atoms with Gasteiger partial charge in [-0.2, -0.15) is 0 Å². The summed E-state index contributed by atoms with van der Waals surface area (Å²) in [6.07, 6.45) is 2.66. The van der Waals surface area contributed by atoms with Crippen molar-refractivity contribution in [3.63, 3.8) is 0 Å². The molecule has 0 bridgehead atoms. The van der Waals surface area contributed by atoms with Crippen LogP contribution in [0.4, 0.5) is 0 Å². The van der Waals surface area contributed by atoms with Gasteiger partial charge in [0.05, 0.1) is 25.4 Å². The van der Waals surface area contributed by atoms with Gasteiger partial charge in [0.1, 0.15) is 12.4 Å². The fourth-order valence-corrected chi connectivity index (χ4v) is 3.40. The molecule has 0 aliphatic carbocycles. The highest BCUT2D eigenvalue weighted by atomic mass is 16.5. The molecule has 1 heterocycles. The molecule has 0 radical (unpaired) electrons. The van der Waals surface area contributed by atoms with Crippen molar-refractivity contribution in [1.82, 2.24) is 9.80 Å². The highest BCUT2D eigenvalue weighted by Gasteiger charge is 2.35. The van der Waals surface area contributed by atoms with Gasteiger partial charge in [-0.1, -0.05) is 6.42 Å². The summed E-state index contributed by atoms with van der Waals surface area (Å²) < 4.78 is 5.75. The Labute approximate surface area is 145 Å². The summed E-state index contributed by atoms with van der Waals surface area (Å²) in [7, 11) is 0. The van der Waals surface area contributed by atoms with Crippen LogP contribution in [0.2, 0.25) is 0 Å². The van der Waals surface area contributed by atoms with Crippen molar-refractivity contribution < 1.29 is 24.9 Å². The van der Waals surface area contributed by atoms with E-state index in [2.05, 4.69) is 4.90 Å². The van der Waals surface area contributed by atoms with Crippen LogP contribution >= 0.6 is 0 Å². The van der Waals surface area contributed by atoms with Crippen LogP contribution in [0.1, 0.15) is 33.1 Å². The maximum absolute atomic E-state index is 11.4. The van der Waals surface area contributed by atoms with Crippen molar-refractivity contribution in [2.75, 3.05) is 45.9 Å². The molecular formula is C17H34N2O5. The molecule has 3 N–H and O–H groups in total. The Bertz CT molecular complexity index is 335. The van der Waals surface area contributed by atoms with E-state index in [1.165, 1.54) is 0 Å². The van der Waals surface area contributed by atoms with Crippen LogP contribution in [0.3, 0.4) is 0 Å². The molecule has 1 saturated heterocycles. The average Bonchev–Trinajstić information content (AvgIpc) is 2.52. The number of carbonyl (C=O) groups is 1. The van der Waals surface area contributed by atoms with E-state index in [4.69, 9.17) is 14.9 Å². The number of hydrogen-bond donors (Lipinski definition) is 3. The first-order valence-corrected chi connectivity index (χ1v) is 8.98. The molecule has 1 fully saturated rings. The van der Waals surface area contributed by atoms with Gasteiger partial charge < -0.3 is 24.9 Å². The van der Waals surface area contributed by atoms with Gasteiger partial charge >= 0.3 is 0 Å². The predicted molar refractivity (Wildman–Crippen MR) is 91.9 cm³/mol. The Kier molecular flexibility index (Phi) is 10.6. The second kappa shape index (κ2) is 11.9. The summed E-state index contributed by atoms with van der Waals surface area (Å²) in [5.41, 5.74) is 0. The van der Waals surface area contributed by atoms with Crippen molar-refractivity contribution in [2.24, 2.45) is 0 Å². The smallest absolute Gasteiger partial charge is 0.150 e. The number of carbonyl (C=O) groups excluding carboxylic acids is 1. The van der Waals surface area contributed by atoms with Crippen LogP contribution in [0.5, 0.6) is 0 Å². The zero-order valence-electron chi connectivity index (χ0n) is 15.0. The zero-order valence-corrected chi connectivity index (χ0v) is 15.0. The van der Waals surface area contributed by atoms with E-state index in [0.29, 0.717) is 19.6 Å². The molecule has 0 aromatic rings. The molecule has 0 saturated carbocycles. The summed E-state index contributed by atoms with van der Waals surface area (Å²) >= 11 is 0. The maximum Gasteiger partial charge on any atom is 0.150 e. The monoisotopic (exact) mass is 346 g/mol. The molecule has 4 unspecified atom stereocenters. The van der Waals surface area contributed by atoms with Gasteiger partial charge in [-0.25, -0.2) is 0 Å². The highest BCUT2D eigenvalue weighted by molar-refractivity contribution is 5.57. The summed E-state index contributed by atoms with van der Waals surface area (Å²) in [6, 6.07) is -0.00238. The molecule has 24 heavy (non-hydrogen) atoms. The number of unbranched alkanes of at least 4 members (excludes halogenated alkanes) is 1. The molecule has 7 nitrogen and oxygen atoms in total. The average molecular weight is 346 g/mol. The second-order valence-corrected chi connectivity index (χ2v) is 6.70. The molecule has 0 spiro atoms. The van der Waals surface area contributed by atoms with Gasteiger partial charge in [-0.05, 0) is 33.2 Å². The van der Waals surface area contributed by atoms with Gasteiger partial charge in [0.2, 0.25) is 0 Å². The number of hydrogen-bond acceptors (Lipinski definition) is 7. The van der Waals surface area contributed by atoms with E-state index in [1.54, 1.807) is 6.92 Å². The van der Waals surface area contributed by atoms with Crippen LogP contribution in [0, 0.1) is 0 Å². The number of nitrogens with zero attached hydrogens (tertiary/aromatic N) is 2. The topological polar surface area (TPSA) is 93.5 Å². The first-order valence-electron chi connectivity index (χ1n) is 8.98. The minimum Gasteiger partial charge on any atom is -0.395 e. The van der Waals surface area contributed by atoms with Gasteiger partial charge in [0.25, 0.3) is 0 Å². The summed E-state index contributed by atoms with van der Waals surface area (Å²) in [4.78, 5) is 15.6. The van der Waals surface area contributed by atoms with E-state index < -0.39 is 12.2 Å².